The lowest BCUT2D eigenvalue weighted by molar-refractivity contribution is -0.383. The Morgan fingerprint density at radius 3 is 2.02 bits per heavy atom. The second-order valence-corrected chi connectivity index (χ2v) is 11.0. The van der Waals surface area contributed by atoms with Gasteiger partial charge in [-0.25, -0.2) is 9.59 Å². The predicted molar refractivity (Wildman–Crippen MR) is 164 cm³/mol. The zero-order valence-corrected chi connectivity index (χ0v) is 26.3. The van der Waals surface area contributed by atoms with Crippen LogP contribution in [0.2, 0.25) is 0 Å². The lowest BCUT2D eigenvalue weighted by atomic mass is 9.99. The van der Waals surface area contributed by atoms with Crippen LogP contribution in [0, 0.1) is 0 Å². The van der Waals surface area contributed by atoms with Crippen LogP contribution in [0.1, 0.15) is 11.1 Å². The number of esters is 2. The Balaban J connectivity index is 1.48. The van der Waals surface area contributed by atoms with Crippen molar-refractivity contribution in [3.8, 4) is 23.0 Å². The van der Waals surface area contributed by atoms with Crippen LogP contribution in [0.4, 0.5) is 0 Å². The van der Waals surface area contributed by atoms with Gasteiger partial charge in [-0.1, -0.05) is 12.1 Å². The van der Waals surface area contributed by atoms with Crippen LogP contribution in [-0.2, 0) is 33.3 Å². The number of aliphatic hydroxyl groups excluding tert-OH is 6. The number of ether oxygens (including phenoxy) is 7. The highest BCUT2D eigenvalue weighted by atomic mass is 16.8. The largest absolute Gasteiger partial charge is 0.508 e. The Labute approximate surface area is 279 Å². The van der Waals surface area contributed by atoms with Crippen molar-refractivity contribution in [2.24, 2.45) is 0 Å². The quantitative estimate of drug-likeness (QED) is 0.0882. The van der Waals surface area contributed by atoms with E-state index in [1.807, 2.05) is 0 Å². The molecule has 0 spiro atoms. The fraction of sp³-hybridized carbons (Fsp3) is 0.438. The van der Waals surface area contributed by atoms with Crippen molar-refractivity contribution in [1.82, 2.24) is 0 Å². The fourth-order valence-electron chi connectivity index (χ4n) is 5.06. The third kappa shape index (κ3) is 8.66. The first-order valence-electron chi connectivity index (χ1n) is 14.8. The molecule has 17 nitrogen and oxygen atoms in total. The van der Waals surface area contributed by atoms with Gasteiger partial charge in [-0.15, -0.1) is 0 Å². The first-order valence-corrected chi connectivity index (χ1v) is 14.8. The van der Waals surface area contributed by atoms with E-state index in [0.29, 0.717) is 11.1 Å². The third-order valence-corrected chi connectivity index (χ3v) is 7.71. The topological polar surface area (TPSA) is 261 Å². The molecule has 0 saturated carbocycles. The Bertz CT molecular complexity index is 1470. The lowest BCUT2D eigenvalue weighted by Gasteiger charge is -2.43. The SMILES string of the molecule is COc1cc(/C=C/C(=O)O[C@H]2[C@@H](O)[C@H](CO)O[C@@]2(CO)O[C@H]2O[C@H](COC(=O)/C=C/c3ccc(O)cc3)[C@@H](O)[C@@H](O)[C@H]2O)cc(OC)c1O. The molecule has 2 fully saturated rings. The molecule has 49 heavy (non-hydrogen) atoms. The number of aromatic hydroxyl groups is 2. The second kappa shape index (κ2) is 16.4. The van der Waals surface area contributed by atoms with E-state index in [9.17, 15) is 50.4 Å². The van der Waals surface area contributed by atoms with Crippen molar-refractivity contribution < 1.29 is 83.6 Å². The highest BCUT2D eigenvalue weighted by Crippen LogP contribution is 2.39. The number of benzene rings is 2. The predicted octanol–water partition coefficient (Wildman–Crippen LogP) is -1.44. The minimum Gasteiger partial charge on any atom is -0.508 e. The van der Waals surface area contributed by atoms with Gasteiger partial charge in [-0.3, -0.25) is 0 Å². The number of rotatable bonds is 13. The Morgan fingerprint density at radius 2 is 1.43 bits per heavy atom. The van der Waals surface area contributed by atoms with Crippen molar-refractivity contribution in [1.29, 1.82) is 0 Å². The van der Waals surface area contributed by atoms with Crippen molar-refractivity contribution in [2.75, 3.05) is 34.0 Å². The monoisotopic (exact) mass is 694 g/mol. The summed E-state index contributed by atoms with van der Waals surface area (Å²) in [7, 11) is 2.62. The Kier molecular flexibility index (Phi) is 12.6. The van der Waals surface area contributed by atoms with Gasteiger partial charge in [0.1, 0.15) is 55.6 Å². The molecule has 8 N–H and O–H groups in total. The Hall–Kier alpha value is -4.30. The van der Waals surface area contributed by atoms with Gasteiger partial charge in [0.15, 0.2) is 23.9 Å². The maximum Gasteiger partial charge on any atom is 0.331 e. The minimum atomic E-state index is -2.48. The molecule has 0 amide bonds. The maximum absolute atomic E-state index is 12.9. The van der Waals surface area contributed by atoms with E-state index >= 15 is 0 Å². The number of aliphatic hydroxyl groups is 6. The van der Waals surface area contributed by atoms with Crippen LogP contribution in [0.3, 0.4) is 0 Å². The van der Waals surface area contributed by atoms with E-state index in [4.69, 9.17) is 33.2 Å². The van der Waals surface area contributed by atoms with Gasteiger partial charge >= 0.3 is 11.9 Å². The van der Waals surface area contributed by atoms with Gasteiger partial charge < -0.3 is 74.0 Å². The van der Waals surface area contributed by atoms with E-state index in [1.54, 1.807) is 12.1 Å². The molecule has 268 valence electrons. The Morgan fingerprint density at radius 1 is 0.816 bits per heavy atom. The van der Waals surface area contributed by atoms with Crippen LogP contribution in [0.25, 0.3) is 12.2 Å². The van der Waals surface area contributed by atoms with Crippen LogP contribution in [0.15, 0.2) is 48.6 Å². The summed E-state index contributed by atoms with van der Waals surface area (Å²) < 4.78 is 37.5. The zero-order chi connectivity index (χ0) is 35.9. The summed E-state index contributed by atoms with van der Waals surface area (Å²) in [6, 6.07) is 8.68. The van der Waals surface area contributed by atoms with E-state index in [0.717, 1.165) is 12.2 Å². The normalized spacial score (nSPS) is 30.0. The van der Waals surface area contributed by atoms with Gasteiger partial charge in [-0.2, -0.15) is 0 Å². The summed E-state index contributed by atoms with van der Waals surface area (Å²) in [5.41, 5.74) is 0.898. The third-order valence-electron chi connectivity index (χ3n) is 7.71. The molecule has 0 aliphatic carbocycles. The second-order valence-electron chi connectivity index (χ2n) is 11.0. The summed E-state index contributed by atoms with van der Waals surface area (Å²) >= 11 is 0. The molecular formula is C32H38O17. The average Bonchev–Trinajstić information content (AvgIpc) is 3.36. The van der Waals surface area contributed by atoms with Gasteiger partial charge in [0, 0.05) is 12.2 Å². The fourth-order valence-corrected chi connectivity index (χ4v) is 5.06. The van der Waals surface area contributed by atoms with Gasteiger partial charge in [0.2, 0.25) is 11.5 Å². The molecule has 0 bridgehead atoms. The number of hydrogen-bond donors (Lipinski definition) is 8. The van der Waals surface area contributed by atoms with Crippen molar-refractivity contribution in [3.05, 3.63) is 59.7 Å². The molecule has 4 rings (SSSR count). The number of hydrogen-bond acceptors (Lipinski definition) is 17. The summed E-state index contributed by atoms with van der Waals surface area (Å²) in [6.07, 6.45) is -9.59. The lowest BCUT2D eigenvalue weighted by Crippen LogP contribution is -2.63. The molecule has 2 heterocycles. The van der Waals surface area contributed by atoms with Crippen molar-refractivity contribution in [3.63, 3.8) is 0 Å². The zero-order valence-electron chi connectivity index (χ0n) is 26.3. The molecule has 2 aromatic rings. The summed E-state index contributed by atoms with van der Waals surface area (Å²) in [6.45, 7) is -2.61. The number of carbonyl (C=O) groups excluding carboxylic acids is 2. The summed E-state index contributed by atoms with van der Waals surface area (Å²) in [5, 5.41) is 82.2. The standard InChI is InChI=1S/C32H38O17/c1-43-19-11-17(12-20(44-2)25(19)38)6-10-24(37)47-30-27(40)21(13-33)48-32(30,15-34)49-31-29(42)28(41)26(39)22(46-31)14-45-23(36)9-5-16-3-7-18(35)8-4-16/h3-12,21-22,26-31,33-35,38-42H,13-15H2,1-2H3/b9-5+,10-6+/t21-,22+,26+,27-,28+,29+,30-,31+,32-/m0/s1. The first-order chi connectivity index (χ1) is 23.4. The number of carbonyl (C=O) groups is 2. The molecule has 2 aliphatic rings. The van der Waals surface area contributed by atoms with Crippen LogP contribution in [-0.4, -0.2) is 142 Å². The van der Waals surface area contributed by atoms with E-state index < -0.39 is 86.6 Å². The molecule has 2 aromatic carbocycles. The van der Waals surface area contributed by atoms with Crippen LogP contribution in [0.5, 0.6) is 23.0 Å². The first kappa shape index (κ1) is 37.5. The van der Waals surface area contributed by atoms with Gasteiger partial charge in [0.25, 0.3) is 0 Å². The summed E-state index contributed by atoms with van der Waals surface area (Å²) in [4.78, 5) is 25.2. The maximum atomic E-state index is 12.9. The van der Waals surface area contributed by atoms with Crippen molar-refractivity contribution >= 4 is 24.1 Å². The number of phenols is 2. The summed E-state index contributed by atoms with van der Waals surface area (Å²) in [5.74, 6) is -4.60. The molecule has 2 aliphatic heterocycles. The molecule has 17 heteroatoms. The van der Waals surface area contributed by atoms with E-state index in [2.05, 4.69) is 0 Å². The average molecular weight is 695 g/mol. The van der Waals surface area contributed by atoms with Crippen LogP contribution < -0.4 is 9.47 Å². The molecule has 2 saturated heterocycles. The number of methoxy groups -OCH3 is 2. The minimum absolute atomic E-state index is 0.0303. The molecule has 9 atom stereocenters. The van der Waals surface area contributed by atoms with Gasteiger partial charge in [0.05, 0.1) is 20.8 Å². The molecule has 0 radical (unpaired) electrons. The molecule has 0 aromatic heterocycles. The molecule has 0 unspecified atom stereocenters. The van der Waals surface area contributed by atoms with Crippen molar-refractivity contribution in [2.45, 2.75) is 54.8 Å². The highest BCUT2D eigenvalue weighted by Gasteiger charge is 2.60. The highest BCUT2D eigenvalue weighted by molar-refractivity contribution is 5.88. The van der Waals surface area contributed by atoms with E-state index in [1.165, 1.54) is 50.6 Å². The molecular weight excluding hydrogens is 656 g/mol. The van der Waals surface area contributed by atoms with Crippen LogP contribution >= 0.6 is 0 Å². The van der Waals surface area contributed by atoms with E-state index in [-0.39, 0.29) is 23.0 Å². The number of phenolic OH excluding ortho intramolecular Hbond substituents is 2. The smallest absolute Gasteiger partial charge is 0.331 e. The van der Waals surface area contributed by atoms with Gasteiger partial charge in [-0.05, 0) is 47.5 Å².